The normalized spacial score (nSPS) is 25.3. The number of hydrogen-bond donors (Lipinski definition) is 0. The quantitative estimate of drug-likeness (QED) is 0.847. The van der Waals surface area contributed by atoms with Crippen LogP contribution in [0.3, 0.4) is 0 Å². The molecule has 2 fully saturated rings. The van der Waals surface area contributed by atoms with Gasteiger partial charge >= 0.3 is 0 Å². The van der Waals surface area contributed by atoms with Gasteiger partial charge in [0.05, 0.1) is 23.4 Å². The molecule has 6 heteroatoms. The smallest absolute Gasteiger partial charge is 0.253 e. The molecule has 2 saturated heterocycles. The summed E-state index contributed by atoms with van der Waals surface area (Å²) in [5.74, 6) is 0.0559. The molecule has 0 aliphatic carbocycles. The number of para-hydroxylation sites is 1. The zero-order valence-electron chi connectivity index (χ0n) is 14.3. The second-order valence-corrected chi connectivity index (χ2v) is 7.62. The maximum Gasteiger partial charge on any atom is 0.253 e. The molecule has 0 saturated carbocycles. The highest BCUT2D eigenvalue weighted by Crippen LogP contribution is 2.33. The van der Waals surface area contributed by atoms with Gasteiger partial charge in [0, 0.05) is 24.2 Å². The number of carbonyl (C=O) groups excluding carboxylic acids is 1. The van der Waals surface area contributed by atoms with Crippen LogP contribution in [0.5, 0.6) is 0 Å². The molecular formula is C19H23N3O2S. The van der Waals surface area contributed by atoms with Gasteiger partial charge in [0.25, 0.3) is 5.91 Å². The second-order valence-electron chi connectivity index (χ2n) is 6.90. The average molecular weight is 357 g/mol. The van der Waals surface area contributed by atoms with Gasteiger partial charge in [-0.2, -0.15) is 0 Å². The van der Waals surface area contributed by atoms with Crippen molar-refractivity contribution in [1.82, 2.24) is 9.88 Å². The second kappa shape index (κ2) is 7.23. The Balaban J connectivity index is 1.45. The first kappa shape index (κ1) is 16.7. The number of rotatable bonds is 3. The highest BCUT2D eigenvalue weighted by atomic mass is 32.1. The van der Waals surface area contributed by atoms with E-state index >= 15 is 0 Å². The summed E-state index contributed by atoms with van der Waals surface area (Å²) in [7, 11) is 0. The van der Waals surface area contributed by atoms with Crippen LogP contribution in [0.4, 0.5) is 5.69 Å². The molecular weight excluding hydrogens is 334 g/mol. The summed E-state index contributed by atoms with van der Waals surface area (Å²) >= 11 is 1.65. The molecule has 2 aliphatic heterocycles. The number of likely N-dealkylation sites (tertiary alicyclic amines) is 1. The van der Waals surface area contributed by atoms with Crippen LogP contribution in [0, 0.1) is 0 Å². The third-order valence-corrected chi connectivity index (χ3v) is 5.81. The van der Waals surface area contributed by atoms with Crippen molar-refractivity contribution in [3.05, 3.63) is 46.9 Å². The van der Waals surface area contributed by atoms with Crippen LogP contribution in [0.2, 0.25) is 0 Å². The van der Waals surface area contributed by atoms with E-state index in [0.29, 0.717) is 6.54 Å². The molecule has 132 valence electrons. The molecule has 1 aromatic carbocycles. The molecule has 25 heavy (non-hydrogen) atoms. The molecule has 4 rings (SSSR count). The maximum absolute atomic E-state index is 12.4. The summed E-state index contributed by atoms with van der Waals surface area (Å²) < 4.78 is 6.10. The highest BCUT2D eigenvalue weighted by Gasteiger charge is 2.41. The van der Waals surface area contributed by atoms with Crippen LogP contribution in [-0.2, 0) is 16.1 Å². The van der Waals surface area contributed by atoms with Crippen LogP contribution < -0.4 is 4.90 Å². The maximum atomic E-state index is 12.4. The standard InChI is InChI=1S/C19H23N3O2S/c23-18-12-24-19(14-22(18)17-5-2-1-3-6-17)7-4-9-21(10-8-19)11-16-13-25-15-20-16/h1-3,5-6,13,15H,4,7-12,14H2. The van der Waals surface area contributed by atoms with Crippen molar-refractivity contribution in [3.63, 3.8) is 0 Å². The van der Waals surface area contributed by atoms with Gasteiger partial charge in [-0.05, 0) is 37.9 Å². The SMILES string of the molecule is O=C1COC2(CCCN(Cc3cscn3)CC2)CN1c1ccccc1. The zero-order valence-corrected chi connectivity index (χ0v) is 15.1. The van der Waals surface area contributed by atoms with Gasteiger partial charge < -0.3 is 9.64 Å². The minimum Gasteiger partial charge on any atom is -0.363 e. The third kappa shape index (κ3) is 3.76. The summed E-state index contributed by atoms with van der Waals surface area (Å²) in [6, 6.07) is 9.94. The van der Waals surface area contributed by atoms with Gasteiger partial charge in [0.1, 0.15) is 6.61 Å². The van der Waals surface area contributed by atoms with Crippen LogP contribution in [0.15, 0.2) is 41.2 Å². The van der Waals surface area contributed by atoms with E-state index in [4.69, 9.17) is 4.74 Å². The number of hydrogen-bond acceptors (Lipinski definition) is 5. The molecule has 1 spiro atoms. The van der Waals surface area contributed by atoms with E-state index in [1.165, 1.54) is 0 Å². The average Bonchev–Trinajstić information content (AvgIpc) is 3.08. The Bertz CT molecular complexity index is 707. The molecule has 1 amide bonds. The first-order valence-electron chi connectivity index (χ1n) is 8.83. The minimum absolute atomic E-state index is 0.0559. The largest absolute Gasteiger partial charge is 0.363 e. The van der Waals surface area contributed by atoms with Gasteiger partial charge in [-0.3, -0.25) is 9.69 Å². The van der Waals surface area contributed by atoms with Crippen molar-refractivity contribution < 1.29 is 9.53 Å². The van der Waals surface area contributed by atoms with Gasteiger partial charge in [0.2, 0.25) is 0 Å². The number of amides is 1. The molecule has 1 atom stereocenters. The Hall–Kier alpha value is -1.76. The van der Waals surface area contributed by atoms with E-state index in [0.717, 1.165) is 50.3 Å². The van der Waals surface area contributed by atoms with E-state index in [-0.39, 0.29) is 18.1 Å². The van der Waals surface area contributed by atoms with E-state index in [2.05, 4.69) is 15.3 Å². The van der Waals surface area contributed by atoms with Crippen molar-refractivity contribution in [1.29, 1.82) is 0 Å². The summed E-state index contributed by atoms with van der Waals surface area (Å²) in [4.78, 5) is 21.1. The minimum atomic E-state index is -0.222. The highest BCUT2D eigenvalue weighted by molar-refractivity contribution is 7.07. The Morgan fingerprint density at radius 1 is 1.20 bits per heavy atom. The van der Waals surface area contributed by atoms with Gasteiger partial charge in [-0.1, -0.05) is 18.2 Å². The van der Waals surface area contributed by atoms with Crippen molar-refractivity contribution in [2.45, 2.75) is 31.4 Å². The fourth-order valence-electron chi connectivity index (χ4n) is 3.79. The lowest BCUT2D eigenvalue weighted by atomic mass is 9.92. The lowest BCUT2D eigenvalue weighted by molar-refractivity contribution is -0.140. The molecule has 5 nitrogen and oxygen atoms in total. The fourth-order valence-corrected chi connectivity index (χ4v) is 4.34. The summed E-state index contributed by atoms with van der Waals surface area (Å²) in [6.07, 6.45) is 3.03. The first-order valence-corrected chi connectivity index (χ1v) is 9.77. The topological polar surface area (TPSA) is 45.7 Å². The number of aromatic nitrogens is 1. The summed E-state index contributed by atoms with van der Waals surface area (Å²) in [5.41, 5.74) is 3.79. The molecule has 2 aliphatic rings. The van der Waals surface area contributed by atoms with Crippen molar-refractivity contribution in [2.24, 2.45) is 0 Å². The molecule has 3 heterocycles. The Labute approximate surface area is 152 Å². The molecule has 0 radical (unpaired) electrons. The molecule has 0 bridgehead atoms. The van der Waals surface area contributed by atoms with Gasteiger partial charge in [0.15, 0.2) is 0 Å². The number of carbonyl (C=O) groups is 1. The number of nitrogens with zero attached hydrogens (tertiary/aromatic N) is 3. The molecule has 2 aromatic rings. The molecule has 0 N–H and O–H groups in total. The van der Waals surface area contributed by atoms with Crippen LogP contribution in [-0.4, -0.2) is 47.6 Å². The Morgan fingerprint density at radius 3 is 2.88 bits per heavy atom. The van der Waals surface area contributed by atoms with Gasteiger partial charge in [-0.15, -0.1) is 11.3 Å². The summed E-state index contributed by atoms with van der Waals surface area (Å²) in [5, 5.41) is 2.12. The van der Waals surface area contributed by atoms with Gasteiger partial charge in [-0.25, -0.2) is 4.98 Å². The van der Waals surface area contributed by atoms with Crippen LogP contribution in [0.25, 0.3) is 0 Å². The number of benzene rings is 1. The van der Waals surface area contributed by atoms with Crippen LogP contribution in [0.1, 0.15) is 25.0 Å². The van der Waals surface area contributed by atoms with Crippen LogP contribution >= 0.6 is 11.3 Å². The lowest BCUT2D eigenvalue weighted by Gasteiger charge is -2.42. The van der Waals surface area contributed by atoms with E-state index in [9.17, 15) is 4.79 Å². The fraction of sp³-hybridized carbons (Fsp3) is 0.474. The van der Waals surface area contributed by atoms with Crippen molar-refractivity contribution in [3.8, 4) is 0 Å². The molecule has 1 unspecified atom stereocenters. The van der Waals surface area contributed by atoms with Crippen molar-refractivity contribution in [2.75, 3.05) is 31.1 Å². The number of morpholine rings is 1. The predicted molar refractivity (Wildman–Crippen MR) is 98.7 cm³/mol. The third-order valence-electron chi connectivity index (χ3n) is 5.18. The van der Waals surface area contributed by atoms with Crippen molar-refractivity contribution >= 4 is 22.9 Å². The van der Waals surface area contributed by atoms with E-state index in [1.54, 1.807) is 11.3 Å². The Morgan fingerprint density at radius 2 is 2.08 bits per heavy atom. The first-order chi connectivity index (χ1) is 12.2. The lowest BCUT2D eigenvalue weighted by Crippen LogP contribution is -2.55. The number of ether oxygens (including phenoxy) is 1. The molecule has 1 aromatic heterocycles. The number of thiazole rings is 1. The van der Waals surface area contributed by atoms with E-state index in [1.807, 2.05) is 40.7 Å². The Kier molecular flexibility index (Phi) is 4.83. The summed E-state index contributed by atoms with van der Waals surface area (Å²) in [6.45, 7) is 3.78. The predicted octanol–water partition coefficient (Wildman–Crippen LogP) is 2.93. The monoisotopic (exact) mass is 357 g/mol. The number of anilines is 1. The van der Waals surface area contributed by atoms with E-state index < -0.39 is 0 Å². The zero-order chi connectivity index (χ0) is 17.1.